The quantitative estimate of drug-likeness (QED) is 0.826. The minimum Gasteiger partial charge on any atom is -0.356 e. The lowest BCUT2D eigenvalue weighted by molar-refractivity contribution is 0.612. The van der Waals surface area contributed by atoms with Gasteiger partial charge in [-0.2, -0.15) is 0 Å². The highest BCUT2D eigenvalue weighted by atomic mass is 15.0. The molecule has 0 fully saturated rings. The Kier molecular flexibility index (Phi) is 3.53. The smallest absolute Gasteiger partial charge is 0.130 e. The number of para-hydroxylation sites is 1. The third-order valence-corrected chi connectivity index (χ3v) is 3.05. The van der Waals surface area contributed by atoms with Gasteiger partial charge < -0.3 is 5.32 Å². The highest BCUT2D eigenvalue weighted by Crippen LogP contribution is 2.21. The number of aromatic nitrogens is 1. The molecule has 1 atom stereocenters. The Labute approximate surface area is 108 Å². The summed E-state index contributed by atoms with van der Waals surface area (Å²) in [6.07, 6.45) is 5.54. The van der Waals surface area contributed by atoms with Crippen LogP contribution in [0.15, 0.2) is 30.3 Å². The summed E-state index contributed by atoms with van der Waals surface area (Å²) in [5.41, 5.74) is 2.11. The molecule has 0 aliphatic carbocycles. The first-order valence-electron chi connectivity index (χ1n) is 6.21. The minimum atomic E-state index is 0.0114. The van der Waals surface area contributed by atoms with Crippen LogP contribution in [0.3, 0.4) is 0 Å². The Morgan fingerprint density at radius 3 is 2.67 bits per heavy atom. The molecule has 1 aromatic heterocycles. The fraction of sp³-hybridized carbons (Fsp3) is 0.312. The number of rotatable bonds is 3. The monoisotopic (exact) mass is 238 g/mol. The van der Waals surface area contributed by atoms with Gasteiger partial charge in [0.2, 0.25) is 0 Å². The molecule has 2 rings (SSSR count). The van der Waals surface area contributed by atoms with Crippen molar-refractivity contribution in [3.05, 3.63) is 35.9 Å². The number of terminal acetylenes is 1. The van der Waals surface area contributed by atoms with Crippen LogP contribution < -0.4 is 5.32 Å². The van der Waals surface area contributed by atoms with E-state index >= 15 is 0 Å². The predicted octanol–water partition coefficient (Wildman–Crippen LogP) is 3.61. The van der Waals surface area contributed by atoms with Crippen molar-refractivity contribution in [1.29, 1.82) is 0 Å². The summed E-state index contributed by atoms with van der Waals surface area (Å²) in [7, 11) is 0. The van der Waals surface area contributed by atoms with Crippen LogP contribution in [0.25, 0.3) is 10.9 Å². The molecule has 1 unspecified atom stereocenters. The van der Waals surface area contributed by atoms with Crippen molar-refractivity contribution < 1.29 is 0 Å². The van der Waals surface area contributed by atoms with Gasteiger partial charge in [0.1, 0.15) is 5.82 Å². The van der Waals surface area contributed by atoms with E-state index in [-0.39, 0.29) is 6.04 Å². The van der Waals surface area contributed by atoms with Crippen molar-refractivity contribution in [3.8, 4) is 12.3 Å². The molecule has 18 heavy (non-hydrogen) atoms. The number of pyridine rings is 1. The number of fused-ring (bicyclic) bond motifs is 1. The SMILES string of the molecule is C#CC(Nc1nc2ccccc2cc1C)C(C)C. The lowest BCUT2D eigenvalue weighted by Crippen LogP contribution is -2.24. The first-order chi connectivity index (χ1) is 8.61. The van der Waals surface area contributed by atoms with Crippen molar-refractivity contribution in [3.63, 3.8) is 0 Å². The van der Waals surface area contributed by atoms with Gasteiger partial charge in [0.25, 0.3) is 0 Å². The number of nitrogens with zero attached hydrogens (tertiary/aromatic N) is 1. The second-order valence-electron chi connectivity index (χ2n) is 4.88. The van der Waals surface area contributed by atoms with Gasteiger partial charge in [-0.3, -0.25) is 0 Å². The van der Waals surface area contributed by atoms with Gasteiger partial charge >= 0.3 is 0 Å². The van der Waals surface area contributed by atoms with E-state index in [9.17, 15) is 0 Å². The van der Waals surface area contributed by atoms with Crippen LogP contribution in [0.1, 0.15) is 19.4 Å². The molecule has 0 saturated heterocycles. The fourth-order valence-corrected chi connectivity index (χ4v) is 1.92. The zero-order valence-electron chi connectivity index (χ0n) is 11.1. The Hall–Kier alpha value is -2.01. The number of benzene rings is 1. The third-order valence-electron chi connectivity index (χ3n) is 3.05. The predicted molar refractivity (Wildman–Crippen MR) is 77.6 cm³/mol. The van der Waals surface area contributed by atoms with Crippen LogP contribution in [-0.4, -0.2) is 11.0 Å². The summed E-state index contributed by atoms with van der Waals surface area (Å²) in [5.74, 6) is 4.03. The van der Waals surface area contributed by atoms with E-state index in [1.165, 1.54) is 0 Å². The van der Waals surface area contributed by atoms with Gasteiger partial charge in [0.15, 0.2) is 0 Å². The van der Waals surface area contributed by atoms with Gasteiger partial charge in [-0.15, -0.1) is 6.42 Å². The largest absolute Gasteiger partial charge is 0.356 e. The molecule has 1 N–H and O–H groups in total. The third kappa shape index (κ3) is 2.46. The molecule has 92 valence electrons. The Morgan fingerprint density at radius 2 is 2.00 bits per heavy atom. The van der Waals surface area contributed by atoms with Crippen LogP contribution in [-0.2, 0) is 0 Å². The molecule has 0 bridgehead atoms. The lowest BCUT2D eigenvalue weighted by atomic mass is 10.0. The number of aryl methyl sites for hydroxylation is 1. The van der Waals surface area contributed by atoms with Crippen LogP contribution in [0.5, 0.6) is 0 Å². The molecule has 0 radical (unpaired) electrons. The van der Waals surface area contributed by atoms with E-state index < -0.39 is 0 Å². The Bertz CT molecular complexity index is 594. The average Bonchev–Trinajstić information content (AvgIpc) is 2.35. The van der Waals surface area contributed by atoms with E-state index in [1.54, 1.807) is 0 Å². The van der Waals surface area contributed by atoms with Gasteiger partial charge in [-0.05, 0) is 30.5 Å². The Balaban J connectivity index is 2.39. The average molecular weight is 238 g/mol. The summed E-state index contributed by atoms with van der Waals surface area (Å²) in [6, 6.07) is 10.3. The zero-order valence-corrected chi connectivity index (χ0v) is 11.1. The Morgan fingerprint density at radius 1 is 1.28 bits per heavy atom. The maximum absolute atomic E-state index is 5.54. The highest BCUT2D eigenvalue weighted by molar-refractivity contribution is 5.81. The highest BCUT2D eigenvalue weighted by Gasteiger charge is 2.12. The summed E-state index contributed by atoms with van der Waals surface area (Å²) >= 11 is 0. The number of nitrogens with one attached hydrogen (secondary N) is 1. The molecule has 0 aliphatic rings. The molecule has 2 nitrogen and oxygen atoms in total. The van der Waals surface area contributed by atoms with Gasteiger partial charge in [-0.25, -0.2) is 4.98 Å². The first-order valence-corrected chi connectivity index (χ1v) is 6.21. The van der Waals surface area contributed by atoms with Crippen LogP contribution in [0, 0.1) is 25.2 Å². The van der Waals surface area contributed by atoms with Crippen molar-refractivity contribution >= 4 is 16.7 Å². The molecule has 2 heteroatoms. The first kappa shape index (κ1) is 12.4. The standard InChI is InChI=1S/C16H18N2/c1-5-14(11(2)3)17-16-12(4)10-13-8-6-7-9-15(13)18-16/h1,6-11,14H,2-4H3,(H,17,18). The summed E-state index contributed by atoms with van der Waals surface area (Å²) in [4.78, 5) is 4.64. The van der Waals surface area contributed by atoms with Gasteiger partial charge in [-0.1, -0.05) is 38.0 Å². The van der Waals surface area contributed by atoms with Gasteiger partial charge in [0.05, 0.1) is 11.6 Å². The molecule has 0 aliphatic heterocycles. The van der Waals surface area contributed by atoms with Crippen LogP contribution in [0.2, 0.25) is 0 Å². The van der Waals surface area contributed by atoms with Gasteiger partial charge in [0, 0.05) is 5.39 Å². The maximum Gasteiger partial charge on any atom is 0.130 e. The molecular formula is C16H18N2. The fourth-order valence-electron chi connectivity index (χ4n) is 1.92. The van der Waals surface area contributed by atoms with E-state index in [4.69, 9.17) is 6.42 Å². The van der Waals surface area contributed by atoms with E-state index in [0.29, 0.717) is 5.92 Å². The normalized spacial score (nSPS) is 12.4. The molecule has 0 spiro atoms. The van der Waals surface area contributed by atoms with E-state index in [2.05, 4.69) is 49.1 Å². The second-order valence-corrected chi connectivity index (χ2v) is 4.88. The number of hydrogen-bond acceptors (Lipinski definition) is 2. The van der Waals surface area contributed by atoms with Crippen molar-refractivity contribution in [1.82, 2.24) is 4.98 Å². The molecular weight excluding hydrogens is 220 g/mol. The maximum atomic E-state index is 5.54. The number of anilines is 1. The molecule has 0 amide bonds. The second kappa shape index (κ2) is 5.10. The van der Waals surface area contributed by atoms with Crippen molar-refractivity contribution in [2.24, 2.45) is 5.92 Å². The van der Waals surface area contributed by atoms with E-state index in [0.717, 1.165) is 22.3 Å². The van der Waals surface area contributed by atoms with Crippen molar-refractivity contribution in [2.45, 2.75) is 26.8 Å². The van der Waals surface area contributed by atoms with Crippen LogP contribution in [0.4, 0.5) is 5.82 Å². The molecule has 1 heterocycles. The van der Waals surface area contributed by atoms with Crippen molar-refractivity contribution in [2.75, 3.05) is 5.32 Å². The zero-order chi connectivity index (χ0) is 13.1. The summed E-state index contributed by atoms with van der Waals surface area (Å²) in [6.45, 7) is 6.26. The summed E-state index contributed by atoms with van der Waals surface area (Å²) < 4.78 is 0. The molecule has 0 saturated carbocycles. The molecule has 1 aromatic carbocycles. The van der Waals surface area contributed by atoms with E-state index in [1.807, 2.05) is 18.2 Å². The lowest BCUT2D eigenvalue weighted by Gasteiger charge is -2.19. The topological polar surface area (TPSA) is 24.9 Å². The minimum absolute atomic E-state index is 0.0114. The summed E-state index contributed by atoms with van der Waals surface area (Å²) in [5, 5.41) is 4.50. The molecule has 2 aromatic rings. The van der Waals surface area contributed by atoms with Crippen LogP contribution >= 0.6 is 0 Å². The number of hydrogen-bond donors (Lipinski definition) is 1.